The fraction of sp³-hybridized carbons (Fsp3) is 0.800. The highest BCUT2D eigenvalue weighted by atomic mass is 16.5. The molecule has 14 heavy (non-hydrogen) atoms. The van der Waals surface area contributed by atoms with E-state index in [0.29, 0.717) is 12.5 Å². The Hall–Kier alpha value is -0.900. The summed E-state index contributed by atoms with van der Waals surface area (Å²) in [4.78, 5) is 4.30. The molecule has 1 unspecified atom stereocenters. The van der Waals surface area contributed by atoms with Crippen LogP contribution in [0.1, 0.15) is 38.9 Å². The maximum atomic E-state index is 5.13. The Morgan fingerprint density at radius 1 is 1.43 bits per heavy atom. The van der Waals surface area contributed by atoms with Gasteiger partial charge in [0.15, 0.2) is 5.82 Å². The minimum absolute atomic E-state index is 0.613. The van der Waals surface area contributed by atoms with E-state index in [1.165, 1.54) is 0 Å². The van der Waals surface area contributed by atoms with Crippen molar-refractivity contribution in [3.8, 4) is 0 Å². The molecule has 80 valence electrons. The monoisotopic (exact) mass is 197 g/mol. The Morgan fingerprint density at radius 3 is 2.86 bits per heavy atom. The molecule has 1 rings (SSSR count). The fourth-order valence-corrected chi connectivity index (χ4v) is 1.12. The van der Waals surface area contributed by atoms with Gasteiger partial charge in [0.05, 0.1) is 6.54 Å². The lowest BCUT2D eigenvalue weighted by Crippen LogP contribution is -2.12. The summed E-state index contributed by atoms with van der Waals surface area (Å²) < 4.78 is 5.13. The third kappa shape index (κ3) is 3.46. The Morgan fingerprint density at radius 2 is 2.21 bits per heavy atom. The van der Waals surface area contributed by atoms with Gasteiger partial charge in [0, 0.05) is 6.42 Å². The average molecular weight is 197 g/mol. The topological polar surface area (TPSA) is 51.0 Å². The molecular weight excluding hydrogens is 178 g/mol. The lowest BCUT2D eigenvalue weighted by molar-refractivity contribution is 0.351. The summed E-state index contributed by atoms with van der Waals surface area (Å²) in [6, 6.07) is 0. The van der Waals surface area contributed by atoms with Gasteiger partial charge in [0.1, 0.15) is 0 Å². The van der Waals surface area contributed by atoms with E-state index >= 15 is 0 Å². The van der Waals surface area contributed by atoms with Crippen molar-refractivity contribution in [2.75, 3.05) is 6.54 Å². The molecule has 1 atom stereocenters. The van der Waals surface area contributed by atoms with Crippen LogP contribution in [0.15, 0.2) is 4.52 Å². The van der Waals surface area contributed by atoms with Gasteiger partial charge in [-0.05, 0) is 12.5 Å². The second-order valence-electron chi connectivity index (χ2n) is 3.60. The number of aromatic nitrogens is 2. The number of hydrogen-bond acceptors (Lipinski definition) is 4. The summed E-state index contributed by atoms with van der Waals surface area (Å²) in [6.07, 6.45) is 2.03. The molecule has 0 aliphatic heterocycles. The fourth-order valence-electron chi connectivity index (χ4n) is 1.12. The summed E-state index contributed by atoms with van der Waals surface area (Å²) in [5, 5.41) is 7.05. The predicted octanol–water partition coefficient (Wildman–Crippen LogP) is 1.77. The smallest absolute Gasteiger partial charge is 0.226 e. The highest BCUT2D eigenvalue weighted by molar-refractivity contribution is 4.86. The van der Waals surface area contributed by atoms with Crippen molar-refractivity contribution in [1.29, 1.82) is 0 Å². The molecule has 0 saturated heterocycles. The Bertz CT molecular complexity index is 260. The molecule has 4 heteroatoms. The van der Waals surface area contributed by atoms with Gasteiger partial charge in [0.25, 0.3) is 0 Å². The molecule has 1 heterocycles. The van der Waals surface area contributed by atoms with E-state index < -0.39 is 0 Å². The summed E-state index contributed by atoms with van der Waals surface area (Å²) >= 11 is 0. The molecule has 0 saturated carbocycles. The van der Waals surface area contributed by atoms with Gasteiger partial charge in [-0.3, -0.25) is 0 Å². The van der Waals surface area contributed by atoms with E-state index in [-0.39, 0.29) is 0 Å². The number of nitrogens with zero attached hydrogens (tertiary/aromatic N) is 2. The third-order valence-corrected chi connectivity index (χ3v) is 2.26. The van der Waals surface area contributed by atoms with Crippen molar-refractivity contribution in [3.05, 3.63) is 11.7 Å². The molecular formula is C10H19N3O. The molecule has 0 spiro atoms. The third-order valence-electron chi connectivity index (χ3n) is 2.26. The molecule has 0 radical (unpaired) electrons. The molecule has 1 aromatic heterocycles. The molecule has 0 fully saturated rings. The first-order valence-electron chi connectivity index (χ1n) is 5.28. The molecule has 0 aliphatic carbocycles. The zero-order valence-electron chi connectivity index (χ0n) is 9.21. The van der Waals surface area contributed by atoms with Crippen molar-refractivity contribution < 1.29 is 4.52 Å². The van der Waals surface area contributed by atoms with E-state index in [1.54, 1.807) is 0 Å². The molecule has 0 aromatic carbocycles. The van der Waals surface area contributed by atoms with Crippen LogP contribution in [0, 0.1) is 5.92 Å². The van der Waals surface area contributed by atoms with E-state index in [4.69, 9.17) is 4.52 Å². The Balaban J connectivity index is 2.42. The molecule has 0 aliphatic rings. The van der Waals surface area contributed by atoms with Crippen LogP contribution in [0.3, 0.4) is 0 Å². The van der Waals surface area contributed by atoms with Crippen LogP contribution in [-0.2, 0) is 13.0 Å². The van der Waals surface area contributed by atoms with Gasteiger partial charge in [-0.1, -0.05) is 32.3 Å². The standard InChI is InChI=1S/C10H19N3O/c1-4-8(3)6-10-12-9(13-14-10)7-11-5-2/h8,11H,4-7H2,1-3H3. The van der Waals surface area contributed by atoms with Crippen LogP contribution in [0.4, 0.5) is 0 Å². The van der Waals surface area contributed by atoms with Crippen molar-refractivity contribution in [2.45, 2.75) is 40.2 Å². The van der Waals surface area contributed by atoms with Crippen LogP contribution in [0.25, 0.3) is 0 Å². The highest BCUT2D eigenvalue weighted by Crippen LogP contribution is 2.09. The van der Waals surface area contributed by atoms with Crippen molar-refractivity contribution >= 4 is 0 Å². The van der Waals surface area contributed by atoms with Crippen LogP contribution >= 0.6 is 0 Å². The number of rotatable bonds is 6. The maximum Gasteiger partial charge on any atom is 0.226 e. The van der Waals surface area contributed by atoms with E-state index in [0.717, 1.165) is 31.1 Å². The van der Waals surface area contributed by atoms with Gasteiger partial charge >= 0.3 is 0 Å². The van der Waals surface area contributed by atoms with Gasteiger partial charge < -0.3 is 9.84 Å². The van der Waals surface area contributed by atoms with Crippen molar-refractivity contribution in [3.63, 3.8) is 0 Å². The van der Waals surface area contributed by atoms with Gasteiger partial charge in [-0.2, -0.15) is 4.98 Å². The lowest BCUT2D eigenvalue weighted by atomic mass is 10.1. The minimum Gasteiger partial charge on any atom is -0.339 e. The summed E-state index contributed by atoms with van der Waals surface area (Å²) in [6.45, 7) is 8.03. The van der Waals surface area contributed by atoms with Crippen LogP contribution in [0.2, 0.25) is 0 Å². The van der Waals surface area contributed by atoms with Crippen LogP contribution < -0.4 is 5.32 Å². The number of hydrogen-bond donors (Lipinski definition) is 1. The predicted molar refractivity (Wildman–Crippen MR) is 54.8 cm³/mol. The second-order valence-corrected chi connectivity index (χ2v) is 3.60. The molecule has 4 nitrogen and oxygen atoms in total. The SMILES string of the molecule is CCNCc1noc(CC(C)CC)n1. The summed E-state index contributed by atoms with van der Waals surface area (Å²) in [5.41, 5.74) is 0. The first-order chi connectivity index (χ1) is 6.76. The van der Waals surface area contributed by atoms with Gasteiger partial charge in [-0.25, -0.2) is 0 Å². The van der Waals surface area contributed by atoms with E-state index in [2.05, 4.69) is 36.2 Å². The van der Waals surface area contributed by atoms with E-state index in [9.17, 15) is 0 Å². The summed E-state index contributed by atoms with van der Waals surface area (Å²) in [5.74, 6) is 2.12. The highest BCUT2D eigenvalue weighted by Gasteiger charge is 2.08. The first kappa shape index (κ1) is 11.2. The average Bonchev–Trinajstić information content (AvgIpc) is 2.62. The second kappa shape index (κ2) is 5.75. The van der Waals surface area contributed by atoms with Crippen LogP contribution in [-0.4, -0.2) is 16.7 Å². The quantitative estimate of drug-likeness (QED) is 0.755. The summed E-state index contributed by atoms with van der Waals surface area (Å²) in [7, 11) is 0. The van der Waals surface area contributed by atoms with Gasteiger partial charge in [0.2, 0.25) is 5.89 Å². The molecule has 1 aromatic rings. The molecule has 0 bridgehead atoms. The maximum absolute atomic E-state index is 5.13. The Labute approximate surface area is 85.1 Å². The van der Waals surface area contributed by atoms with Crippen molar-refractivity contribution in [2.24, 2.45) is 5.92 Å². The zero-order valence-corrected chi connectivity index (χ0v) is 9.21. The minimum atomic E-state index is 0.613. The lowest BCUT2D eigenvalue weighted by Gasteiger charge is -2.01. The van der Waals surface area contributed by atoms with E-state index in [1.807, 2.05) is 0 Å². The Kier molecular flexibility index (Phi) is 4.59. The largest absolute Gasteiger partial charge is 0.339 e. The van der Waals surface area contributed by atoms with Crippen LogP contribution in [0.5, 0.6) is 0 Å². The molecule has 0 amide bonds. The van der Waals surface area contributed by atoms with Crippen molar-refractivity contribution in [1.82, 2.24) is 15.5 Å². The van der Waals surface area contributed by atoms with Gasteiger partial charge in [-0.15, -0.1) is 0 Å². The zero-order chi connectivity index (χ0) is 10.4. The first-order valence-corrected chi connectivity index (χ1v) is 5.28. The molecule has 1 N–H and O–H groups in total. The normalized spacial score (nSPS) is 13.1. The number of nitrogens with one attached hydrogen (secondary N) is 1.